The molecule has 7 nitrogen and oxygen atoms in total. The van der Waals surface area contributed by atoms with Crippen LogP contribution in [0.3, 0.4) is 0 Å². The fraction of sp³-hybridized carbons (Fsp3) is 0.950. The predicted molar refractivity (Wildman–Crippen MR) is 115 cm³/mol. The number of hydrogen-bond acceptors (Lipinski definition) is 4. The van der Waals surface area contributed by atoms with E-state index in [0.29, 0.717) is 25.0 Å². The van der Waals surface area contributed by atoms with E-state index in [2.05, 4.69) is 20.5 Å². The first-order valence-electron chi connectivity index (χ1n) is 11.1. The molecule has 162 valence electrons. The van der Waals surface area contributed by atoms with Crippen molar-refractivity contribution in [1.82, 2.24) is 19.8 Å². The molecule has 2 aliphatic heterocycles. The molecule has 0 radical (unpaired) electrons. The van der Waals surface area contributed by atoms with Crippen LogP contribution in [0.4, 0.5) is 0 Å². The Morgan fingerprint density at radius 2 is 1.71 bits per heavy atom. The van der Waals surface area contributed by atoms with E-state index in [1.165, 1.54) is 57.7 Å². The van der Waals surface area contributed by atoms with Crippen molar-refractivity contribution in [3.8, 4) is 0 Å². The van der Waals surface area contributed by atoms with Gasteiger partial charge in [-0.15, -0.1) is 0 Å². The van der Waals surface area contributed by atoms with Crippen molar-refractivity contribution in [2.45, 2.75) is 69.9 Å². The Hall–Kier alpha value is -0.860. The summed E-state index contributed by atoms with van der Waals surface area (Å²) in [5.41, 5.74) is 0. The van der Waals surface area contributed by atoms with Gasteiger partial charge in [-0.3, -0.25) is 9.89 Å². The zero-order valence-corrected chi connectivity index (χ0v) is 18.5. The van der Waals surface area contributed by atoms with Gasteiger partial charge in [0.1, 0.15) is 0 Å². The van der Waals surface area contributed by atoms with Gasteiger partial charge in [0.05, 0.1) is 6.26 Å². The maximum absolute atomic E-state index is 11.6. The van der Waals surface area contributed by atoms with E-state index in [0.717, 1.165) is 37.9 Å². The Balaban J connectivity index is 1.41. The quantitative estimate of drug-likeness (QED) is 0.529. The highest BCUT2D eigenvalue weighted by molar-refractivity contribution is 7.88. The molecule has 1 unspecified atom stereocenters. The molecule has 2 N–H and O–H groups in total. The molecule has 0 aromatic heterocycles. The summed E-state index contributed by atoms with van der Waals surface area (Å²) < 4.78 is 24.9. The van der Waals surface area contributed by atoms with Gasteiger partial charge < -0.3 is 10.6 Å². The van der Waals surface area contributed by atoms with Gasteiger partial charge in [-0.2, -0.15) is 0 Å². The highest BCUT2D eigenvalue weighted by Crippen LogP contribution is 2.25. The summed E-state index contributed by atoms with van der Waals surface area (Å²) in [5.74, 6) is 1.39. The third-order valence-corrected chi connectivity index (χ3v) is 8.01. The van der Waals surface area contributed by atoms with E-state index in [1.54, 1.807) is 4.31 Å². The Morgan fingerprint density at radius 1 is 1.00 bits per heavy atom. The minimum absolute atomic E-state index is 0.467. The van der Waals surface area contributed by atoms with E-state index < -0.39 is 10.0 Å². The maximum atomic E-state index is 11.6. The fourth-order valence-corrected chi connectivity index (χ4v) is 5.85. The summed E-state index contributed by atoms with van der Waals surface area (Å²) in [6.07, 6.45) is 12.5. The summed E-state index contributed by atoms with van der Waals surface area (Å²) in [6.45, 7) is 4.49. The summed E-state index contributed by atoms with van der Waals surface area (Å²) >= 11 is 0. The Labute approximate surface area is 171 Å². The average molecular weight is 414 g/mol. The largest absolute Gasteiger partial charge is 0.356 e. The van der Waals surface area contributed by atoms with Crippen LogP contribution in [0.25, 0.3) is 0 Å². The van der Waals surface area contributed by atoms with E-state index in [1.807, 2.05) is 7.05 Å². The van der Waals surface area contributed by atoms with Crippen LogP contribution in [0.1, 0.15) is 57.8 Å². The van der Waals surface area contributed by atoms with E-state index >= 15 is 0 Å². The van der Waals surface area contributed by atoms with Gasteiger partial charge in [-0.1, -0.05) is 19.3 Å². The third-order valence-electron chi connectivity index (χ3n) is 6.71. The van der Waals surface area contributed by atoms with Crippen LogP contribution in [-0.4, -0.2) is 81.7 Å². The molecular formula is C20H39N5O2S. The number of nitrogens with one attached hydrogen (secondary N) is 2. The van der Waals surface area contributed by atoms with Crippen LogP contribution in [0.2, 0.25) is 0 Å². The monoisotopic (exact) mass is 413 g/mol. The smallest absolute Gasteiger partial charge is 0.211 e. The van der Waals surface area contributed by atoms with Gasteiger partial charge in [0.25, 0.3) is 0 Å². The normalized spacial score (nSPS) is 27.6. The van der Waals surface area contributed by atoms with Crippen molar-refractivity contribution in [1.29, 1.82) is 0 Å². The minimum Gasteiger partial charge on any atom is -0.356 e. The number of rotatable bonds is 5. The molecule has 1 saturated carbocycles. The van der Waals surface area contributed by atoms with Crippen LogP contribution in [0, 0.1) is 5.92 Å². The first-order chi connectivity index (χ1) is 13.5. The topological polar surface area (TPSA) is 77.0 Å². The number of nitrogens with zero attached hydrogens (tertiary/aromatic N) is 3. The molecule has 2 heterocycles. The molecular weight excluding hydrogens is 374 g/mol. The molecule has 3 rings (SSSR count). The summed E-state index contributed by atoms with van der Waals surface area (Å²) in [7, 11) is -1.21. The predicted octanol–water partition coefficient (Wildman–Crippen LogP) is 1.62. The van der Waals surface area contributed by atoms with Crippen LogP contribution in [0.5, 0.6) is 0 Å². The number of guanidine groups is 1. The van der Waals surface area contributed by atoms with Crippen molar-refractivity contribution in [2.24, 2.45) is 10.9 Å². The molecule has 1 atom stereocenters. The zero-order valence-electron chi connectivity index (χ0n) is 17.7. The van der Waals surface area contributed by atoms with Crippen LogP contribution >= 0.6 is 0 Å². The molecule has 0 amide bonds. The maximum Gasteiger partial charge on any atom is 0.211 e. The second-order valence-corrected chi connectivity index (χ2v) is 10.8. The fourth-order valence-electron chi connectivity index (χ4n) is 4.98. The van der Waals surface area contributed by atoms with E-state index in [-0.39, 0.29) is 0 Å². The van der Waals surface area contributed by atoms with Crippen LogP contribution in [0.15, 0.2) is 4.99 Å². The van der Waals surface area contributed by atoms with E-state index in [4.69, 9.17) is 0 Å². The Bertz CT molecular complexity index is 610. The summed E-state index contributed by atoms with van der Waals surface area (Å²) in [5, 5.41) is 7.13. The van der Waals surface area contributed by atoms with Crippen LogP contribution < -0.4 is 10.6 Å². The van der Waals surface area contributed by atoms with Gasteiger partial charge in [-0.05, 0) is 51.0 Å². The van der Waals surface area contributed by atoms with Gasteiger partial charge in [-0.25, -0.2) is 12.7 Å². The lowest BCUT2D eigenvalue weighted by atomic mass is 9.92. The van der Waals surface area contributed by atoms with Crippen LogP contribution in [-0.2, 0) is 10.0 Å². The van der Waals surface area contributed by atoms with Gasteiger partial charge >= 0.3 is 0 Å². The van der Waals surface area contributed by atoms with Crippen molar-refractivity contribution < 1.29 is 8.42 Å². The SMILES string of the molecule is CN=C(NCC1CCN(S(C)(=O)=O)CC1)NC1CCCN(C2CCCCC2)C1. The number of aliphatic imine (C=N–C) groups is 1. The van der Waals surface area contributed by atoms with Gasteiger partial charge in [0, 0.05) is 45.3 Å². The van der Waals surface area contributed by atoms with Gasteiger partial charge in [0.2, 0.25) is 10.0 Å². The standard InChI is InChI=1S/C20H39N5O2S/c1-21-20(22-15-17-10-13-25(14-11-17)28(2,26)27)23-18-7-6-12-24(16-18)19-8-4-3-5-9-19/h17-19H,3-16H2,1-2H3,(H2,21,22,23). The second kappa shape index (κ2) is 10.3. The number of sulfonamides is 1. The van der Waals surface area contributed by atoms with Crippen molar-refractivity contribution in [3.63, 3.8) is 0 Å². The highest BCUT2D eigenvalue weighted by Gasteiger charge is 2.28. The highest BCUT2D eigenvalue weighted by atomic mass is 32.2. The lowest BCUT2D eigenvalue weighted by Gasteiger charge is -2.40. The van der Waals surface area contributed by atoms with Crippen molar-refractivity contribution in [3.05, 3.63) is 0 Å². The Morgan fingerprint density at radius 3 is 2.36 bits per heavy atom. The molecule has 0 bridgehead atoms. The first kappa shape index (κ1) is 21.8. The number of piperidine rings is 2. The summed E-state index contributed by atoms with van der Waals surface area (Å²) in [4.78, 5) is 7.13. The molecule has 28 heavy (non-hydrogen) atoms. The Kier molecular flexibility index (Phi) is 8.00. The van der Waals surface area contributed by atoms with Gasteiger partial charge in [0.15, 0.2) is 5.96 Å². The minimum atomic E-state index is -3.05. The summed E-state index contributed by atoms with van der Waals surface area (Å²) in [6, 6.07) is 1.25. The molecule has 3 fully saturated rings. The van der Waals surface area contributed by atoms with Crippen molar-refractivity contribution in [2.75, 3.05) is 46.0 Å². The molecule has 0 aromatic rings. The number of hydrogen-bond donors (Lipinski definition) is 2. The zero-order chi connectivity index (χ0) is 20.0. The molecule has 3 aliphatic rings. The molecule has 8 heteroatoms. The van der Waals surface area contributed by atoms with E-state index in [9.17, 15) is 8.42 Å². The van der Waals surface area contributed by atoms with Crippen molar-refractivity contribution >= 4 is 16.0 Å². The second-order valence-electron chi connectivity index (χ2n) is 8.83. The molecule has 1 aliphatic carbocycles. The lowest BCUT2D eigenvalue weighted by Crippen LogP contribution is -2.54. The first-order valence-corrected chi connectivity index (χ1v) is 13.0. The molecule has 0 spiro atoms. The molecule has 0 aromatic carbocycles. The lowest BCUT2D eigenvalue weighted by molar-refractivity contribution is 0.115. The number of likely N-dealkylation sites (tertiary alicyclic amines) is 1. The average Bonchev–Trinajstić information content (AvgIpc) is 2.71. The molecule has 2 saturated heterocycles. The third kappa shape index (κ3) is 6.32.